The maximum Gasteiger partial charge on any atom is 0.576 e. The van der Waals surface area contributed by atoms with Crippen molar-refractivity contribution in [3.63, 3.8) is 0 Å². The Morgan fingerprint density at radius 1 is 0.595 bits per heavy atom. The highest BCUT2D eigenvalue weighted by atomic mass is 16.6. The van der Waals surface area contributed by atoms with Crippen LogP contribution in [0.1, 0.15) is 48.4 Å². The maximum absolute atomic E-state index is 13.5. The van der Waals surface area contributed by atoms with Gasteiger partial charge >= 0.3 is 7.69 Å². The van der Waals surface area contributed by atoms with Crippen LogP contribution in [0.5, 0.6) is 11.5 Å². The summed E-state index contributed by atoms with van der Waals surface area (Å²) in [5.74, 6) is 0.737. The molecule has 0 saturated carbocycles. The Hall–Kier alpha value is -4.00. The number of amides is 2. The zero-order valence-corrected chi connectivity index (χ0v) is 22.0. The van der Waals surface area contributed by atoms with Crippen LogP contribution in [-0.2, 0) is 0 Å². The van der Waals surface area contributed by atoms with Crippen molar-refractivity contribution >= 4 is 41.0 Å². The van der Waals surface area contributed by atoms with Gasteiger partial charge in [0.1, 0.15) is 11.5 Å². The van der Waals surface area contributed by atoms with Gasteiger partial charge in [0.05, 0.1) is 11.1 Å². The van der Waals surface area contributed by atoms with E-state index in [4.69, 9.17) is 9.31 Å². The molecule has 0 aromatic heterocycles. The van der Waals surface area contributed by atoms with E-state index in [2.05, 4.69) is 0 Å². The number of nitrogens with zero attached hydrogens (tertiary/aromatic N) is 2. The highest BCUT2D eigenvalue weighted by Gasteiger charge is 2.23. The minimum absolute atomic E-state index is 0.0834. The van der Waals surface area contributed by atoms with Gasteiger partial charge in [-0.1, -0.05) is 60.7 Å². The molecule has 0 bridgehead atoms. The smallest absolute Gasteiger partial charge is 0.528 e. The molecule has 0 aliphatic rings. The third-order valence-electron chi connectivity index (χ3n) is 6.74. The summed E-state index contributed by atoms with van der Waals surface area (Å²) in [6.07, 6.45) is 0. The summed E-state index contributed by atoms with van der Waals surface area (Å²) in [4.78, 5) is 30.5. The second kappa shape index (κ2) is 11.8. The fourth-order valence-electron chi connectivity index (χ4n) is 4.68. The molecule has 6 nitrogen and oxygen atoms in total. The molecule has 4 rings (SSSR count). The molecule has 37 heavy (non-hydrogen) atoms. The van der Waals surface area contributed by atoms with E-state index < -0.39 is 0 Å². The molecule has 0 N–H and O–H groups in total. The summed E-state index contributed by atoms with van der Waals surface area (Å²) in [7, 11) is -0.145. The molecule has 2 amide bonds. The van der Waals surface area contributed by atoms with E-state index in [1.54, 1.807) is 9.80 Å². The molecule has 0 atom stereocenters. The van der Waals surface area contributed by atoms with Gasteiger partial charge in [0, 0.05) is 26.2 Å². The van der Waals surface area contributed by atoms with Gasteiger partial charge in [-0.25, -0.2) is 0 Å². The summed E-state index contributed by atoms with van der Waals surface area (Å²) in [5.41, 5.74) is 1.03. The number of carbonyl (C=O) groups is 2. The Balaban J connectivity index is 1.68. The van der Waals surface area contributed by atoms with Crippen molar-refractivity contribution in [1.29, 1.82) is 0 Å². The van der Waals surface area contributed by atoms with E-state index in [0.29, 0.717) is 48.8 Å². The van der Waals surface area contributed by atoms with Crippen LogP contribution < -0.4 is 9.31 Å². The SMILES string of the molecule is CCN(CC)C(=O)c1c(OBOc2ccc3ccccc3c2C(=O)N(CC)CC)ccc2ccccc12. The molecule has 0 saturated heterocycles. The largest absolute Gasteiger partial charge is 0.576 e. The van der Waals surface area contributed by atoms with Crippen LogP contribution in [0.25, 0.3) is 21.5 Å². The van der Waals surface area contributed by atoms with Crippen LogP contribution in [0.4, 0.5) is 0 Å². The minimum Gasteiger partial charge on any atom is -0.528 e. The first kappa shape index (κ1) is 26.1. The van der Waals surface area contributed by atoms with Crippen molar-refractivity contribution < 1.29 is 18.9 Å². The lowest BCUT2D eigenvalue weighted by Crippen LogP contribution is -2.31. The van der Waals surface area contributed by atoms with Crippen LogP contribution in [0.15, 0.2) is 72.8 Å². The van der Waals surface area contributed by atoms with E-state index >= 15 is 0 Å². The molecular formula is C30H33BN2O4. The molecule has 0 radical (unpaired) electrons. The topological polar surface area (TPSA) is 59.1 Å². The molecule has 190 valence electrons. The minimum atomic E-state index is -0.145. The Labute approximate surface area is 219 Å². The first-order valence-electron chi connectivity index (χ1n) is 12.9. The number of rotatable bonds is 10. The summed E-state index contributed by atoms with van der Waals surface area (Å²) < 4.78 is 12.1. The predicted octanol–water partition coefficient (Wildman–Crippen LogP) is 5.68. The first-order valence-corrected chi connectivity index (χ1v) is 12.9. The Bertz CT molecular complexity index is 1310. The van der Waals surface area contributed by atoms with Gasteiger partial charge in [-0.2, -0.15) is 0 Å². The van der Waals surface area contributed by atoms with Gasteiger partial charge in [0.15, 0.2) is 0 Å². The van der Waals surface area contributed by atoms with Crippen molar-refractivity contribution in [3.05, 3.63) is 83.9 Å². The van der Waals surface area contributed by atoms with Gasteiger partial charge < -0.3 is 19.1 Å². The van der Waals surface area contributed by atoms with E-state index in [-0.39, 0.29) is 19.5 Å². The molecule has 0 heterocycles. The second-order valence-electron chi connectivity index (χ2n) is 8.68. The normalized spacial score (nSPS) is 10.8. The van der Waals surface area contributed by atoms with Gasteiger partial charge in [-0.05, 0) is 61.4 Å². The van der Waals surface area contributed by atoms with Gasteiger partial charge in [0.2, 0.25) is 0 Å². The van der Waals surface area contributed by atoms with Gasteiger partial charge in [0.25, 0.3) is 11.8 Å². The van der Waals surface area contributed by atoms with Crippen LogP contribution >= 0.6 is 0 Å². The van der Waals surface area contributed by atoms with Crippen LogP contribution in [0, 0.1) is 0 Å². The highest BCUT2D eigenvalue weighted by Crippen LogP contribution is 2.31. The summed E-state index contributed by atoms with van der Waals surface area (Å²) in [6.45, 7) is 10.2. The molecule has 0 spiro atoms. The highest BCUT2D eigenvalue weighted by molar-refractivity contribution is 6.23. The van der Waals surface area contributed by atoms with E-state index in [9.17, 15) is 9.59 Å². The zero-order chi connectivity index (χ0) is 26.4. The zero-order valence-electron chi connectivity index (χ0n) is 22.0. The first-order chi connectivity index (χ1) is 18.0. The summed E-state index contributed by atoms with van der Waals surface area (Å²) >= 11 is 0. The molecule has 0 aliphatic carbocycles. The fourth-order valence-corrected chi connectivity index (χ4v) is 4.68. The predicted molar refractivity (Wildman–Crippen MR) is 151 cm³/mol. The molecule has 0 unspecified atom stereocenters. The standard InChI is InChI=1S/C30H33BN2O4/c1-5-32(6-2)29(34)27-23-15-11-9-13-21(23)17-19-25(27)36-31-37-26-20-18-22-14-10-12-16-24(22)28(26)30(35)33(7-3)8-4/h9-20,31H,5-8H2,1-4H3. The lowest BCUT2D eigenvalue weighted by atomic mass is 10.0. The molecule has 0 fully saturated rings. The molecule has 4 aromatic rings. The second-order valence-corrected chi connectivity index (χ2v) is 8.68. The number of fused-ring (bicyclic) bond motifs is 2. The summed E-state index contributed by atoms with van der Waals surface area (Å²) in [6, 6.07) is 23.1. The summed E-state index contributed by atoms with van der Waals surface area (Å²) in [5, 5.41) is 3.60. The Morgan fingerprint density at radius 2 is 0.973 bits per heavy atom. The van der Waals surface area contributed by atoms with Crippen molar-refractivity contribution in [3.8, 4) is 11.5 Å². The number of benzene rings is 4. The molecule has 4 aromatic carbocycles. The third-order valence-corrected chi connectivity index (χ3v) is 6.74. The van der Waals surface area contributed by atoms with E-state index in [1.165, 1.54) is 0 Å². The maximum atomic E-state index is 13.5. The van der Waals surface area contributed by atoms with Crippen LogP contribution in [0.3, 0.4) is 0 Å². The van der Waals surface area contributed by atoms with Crippen LogP contribution in [-0.4, -0.2) is 55.5 Å². The lowest BCUT2D eigenvalue weighted by molar-refractivity contribution is 0.0765. The Kier molecular flexibility index (Phi) is 8.34. The average molecular weight is 496 g/mol. The van der Waals surface area contributed by atoms with Gasteiger partial charge in [-0.15, -0.1) is 0 Å². The fraction of sp³-hybridized carbons (Fsp3) is 0.267. The Morgan fingerprint density at radius 3 is 1.35 bits per heavy atom. The van der Waals surface area contributed by atoms with E-state index in [0.717, 1.165) is 21.5 Å². The van der Waals surface area contributed by atoms with Gasteiger partial charge in [-0.3, -0.25) is 9.59 Å². The molecular weight excluding hydrogens is 463 g/mol. The third kappa shape index (κ3) is 5.26. The van der Waals surface area contributed by atoms with Crippen molar-refractivity contribution in [2.45, 2.75) is 27.7 Å². The van der Waals surface area contributed by atoms with Crippen molar-refractivity contribution in [2.75, 3.05) is 26.2 Å². The lowest BCUT2D eigenvalue weighted by Gasteiger charge is -2.23. The monoisotopic (exact) mass is 496 g/mol. The number of hydrogen-bond donors (Lipinski definition) is 0. The van der Waals surface area contributed by atoms with Crippen LogP contribution in [0.2, 0.25) is 0 Å². The number of hydrogen-bond acceptors (Lipinski definition) is 4. The van der Waals surface area contributed by atoms with Crippen molar-refractivity contribution in [2.24, 2.45) is 0 Å². The number of carbonyl (C=O) groups excluding carboxylic acids is 2. The molecule has 7 heteroatoms. The molecule has 0 aliphatic heterocycles. The average Bonchev–Trinajstić information content (AvgIpc) is 2.93. The quantitative estimate of drug-likeness (QED) is 0.265. The van der Waals surface area contributed by atoms with Crippen molar-refractivity contribution in [1.82, 2.24) is 9.80 Å². The van der Waals surface area contributed by atoms with E-state index in [1.807, 2.05) is 100 Å².